The monoisotopic (exact) mass is 419 g/mol. The van der Waals surface area contributed by atoms with Crippen molar-refractivity contribution >= 4 is 29.9 Å². The van der Waals surface area contributed by atoms with E-state index in [0.29, 0.717) is 30.1 Å². The van der Waals surface area contributed by atoms with Crippen LogP contribution in [-0.4, -0.2) is 36.6 Å². The van der Waals surface area contributed by atoms with E-state index in [1.165, 1.54) is 12.1 Å². The zero-order valence-corrected chi connectivity index (χ0v) is 16.4. The molecule has 9 heteroatoms. The minimum absolute atomic E-state index is 0. The fraction of sp³-hybridized carbons (Fsp3) is 0.579. The number of fused-ring (bicyclic) bond motifs is 2. The number of carbonyl (C=O) groups is 2. The van der Waals surface area contributed by atoms with Crippen molar-refractivity contribution < 1.29 is 22.8 Å². The van der Waals surface area contributed by atoms with Crippen molar-refractivity contribution in [3.63, 3.8) is 0 Å². The number of benzene rings is 1. The number of aryl methyl sites for hydroxylation is 1. The van der Waals surface area contributed by atoms with Gasteiger partial charge in [0.1, 0.15) is 6.54 Å². The lowest BCUT2D eigenvalue weighted by atomic mass is 9.89. The summed E-state index contributed by atoms with van der Waals surface area (Å²) in [5, 5.41) is 8.19. The maximum atomic E-state index is 12.4. The molecule has 0 aliphatic carbocycles. The molecule has 2 aliphatic rings. The number of anilines is 1. The van der Waals surface area contributed by atoms with Gasteiger partial charge < -0.3 is 16.0 Å². The second-order valence-corrected chi connectivity index (χ2v) is 7.56. The number of halogens is 4. The van der Waals surface area contributed by atoms with E-state index in [-0.39, 0.29) is 23.9 Å². The van der Waals surface area contributed by atoms with E-state index in [9.17, 15) is 22.8 Å². The van der Waals surface area contributed by atoms with Crippen LogP contribution in [-0.2, 0) is 4.79 Å². The van der Waals surface area contributed by atoms with Crippen molar-refractivity contribution in [2.45, 2.75) is 57.3 Å². The van der Waals surface area contributed by atoms with Crippen LogP contribution >= 0.6 is 12.4 Å². The van der Waals surface area contributed by atoms with Crippen LogP contribution in [0.3, 0.4) is 0 Å². The number of rotatable bonds is 5. The molecule has 0 aromatic heterocycles. The number of amides is 2. The van der Waals surface area contributed by atoms with Gasteiger partial charge in [0.2, 0.25) is 5.91 Å². The molecule has 0 saturated carbocycles. The Balaban J connectivity index is 0.00000280. The van der Waals surface area contributed by atoms with Crippen LogP contribution in [0.2, 0.25) is 0 Å². The molecule has 1 aromatic rings. The van der Waals surface area contributed by atoms with E-state index in [1.807, 2.05) is 5.32 Å². The normalized spacial score (nSPS) is 23.6. The number of carbonyl (C=O) groups excluding carboxylic acids is 2. The minimum Gasteiger partial charge on any atom is -0.343 e. The maximum Gasteiger partial charge on any atom is 0.405 e. The Bertz CT molecular complexity index is 715. The fourth-order valence-corrected chi connectivity index (χ4v) is 3.99. The number of piperidine rings is 1. The first-order valence-electron chi connectivity index (χ1n) is 9.21. The Kier molecular flexibility index (Phi) is 7.33. The molecule has 0 spiro atoms. The van der Waals surface area contributed by atoms with Gasteiger partial charge in [-0.1, -0.05) is 6.07 Å². The van der Waals surface area contributed by atoms with Gasteiger partial charge in [-0.05, 0) is 56.2 Å². The minimum atomic E-state index is -4.47. The average Bonchev–Trinajstić information content (AvgIpc) is 2.92. The van der Waals surface area contributed by atoms with Crippen LogP contribution in [0.25, 0.3) is 0 Å². The summed E-state index contributed by atoms with van der Waals surface area (Å²) >= 11 is 0. The van der Waals surface area contributed by atoms with E-state index >= 15 is 0 Å². The van der Waals surface area contributed by atoms with Crippen LogP contribution in [0, 0.1) is 12.8 Å². The topological polar surface area (TPSA) is 70.2 Å². The van der Waals surface area contributed by atoms with Gasteiger partial charge in [-0.15, -0.1) is 12.4 Å². The molecule has 0 radical (unpaired) electrons. The van der Waals surface area contributed by atoms with Gasteiger partial charge >= 0.3 is 6.18 Å². The zero-order valence-electron chi connectivity index (χ0n) is 15.6. The second kappa shape index (κ2) is 9.13. The molecule has 3 rings (SSSR count). The predicted molar refractivity (Wildman–Crippen MR) is 103 cm³/mol. The van der Waals surface area contributed by atoms with E-state index in [0.717, 1.165) is 31.2 Å². The van der Waals surface area contributed by atoms with Crippen molar-refractivity contribution in [2.24, 2.45) is 5.92 Å². The Morgan fingerprint density at radius 3 is 2.43 bits per heavy atom. The summed E-state index contributed by atoms with van der Waals surface area (Å²) in [6.45, 7) is 0.386. The van der Waals surface area contributed by atoms with Gasteiger partial charge in [-0.2, -0.15) is 13.2 Å². The Morgan fingerprint density at radius 2 is 1.82 bits per heavy atom. The Labute approximate surface area is 168 Å². The van der Waals surface area contributed by atoms with Gasteiger partial charge in [0, 0.05) is 29.8 Å². The molecule has 2 unspecified atom stereocenters. The molecule has 28 heavy (non-hydrogen) atoms. The summed E-state index contributed by atoms with van der Waals surface area (Å²) < 4.78 is 36.8. The SMILES string of the molecule is Cc1ccc(C(=O)NCC(F)(F)F)cc1NC(=O)CC1CC2CCC(C1)N2.Cl. The lowest BCUT2D eigenvalue weighted by Gasteiger charge is -2.28. The standard InChI is InChI=1S/C19H24F3N3O2.ClH/c1-11-2-3-13(18(27)23-10-19(20,21)22)9-16(11)25-17(26)8-12-6-14-4-5-15(7-12)24-14;/h2-3,9,12,14-15,24H,4-8,10H2,1H3,(H,23,27)(H,25,26);1H. The van der Waals surface area contributed by atoms with Crippen LogP contribution in [0.1, 0.15) is 48.0 Å². The van der Waals surface area contributed by atoms with Crippen molar-refractivity contribution in [1.29, 1.82) is 0 Å². The van der Waals surface area contributed by atoms with Crippen LogP contribution in [0.4, 0.5) is 18.9 Å². The third-order valence-corrected chi connectivity index (χ3v) is 5.27. The molecule has 156 valence electrons. The highest BCUT2D eigenvalue weighted by molar-refractivity contribution is 5.97. The van der Waals surface area contributed by atoms with E-state index in [4.69, 9.17) is 0 Å². The van der Waals surface area contributed by atoms with Crippen LogP contribution in [0.5, 0.6) is 0 Å². The molecule has 2 amide bonds. The number of hydrogen-bond acceptors (Lipinski definition) is 3. The third kappa shape index (κ3) is 6.10. The van der Waals surface area contributed by atoms with Crippen molar-refractivity contribution in [3.05, 3.63) is 29.3 Å². The molecule has 2 atom stereocenters. The molecule has 2 heterocycles. The van der Waals surface area contributed by atoms with Crippen LogP contribution in [0.15, 0.2) is 18.2 Å². The van der Waals surface area contributed by atoms with E-state index < -0.39 is 18.6 Å². The van der Waals surface area contributed by atoms with Crippen molar-refractivity contribution in [1.82, 2.24) is 10.6 Å². The molecular weight excluding hydrogens is 395 g/mol. The third-order valence-electron chi connectivity index (χ3n) is 5.27. The lowest BCUT2D eigenvalue weighted by Crippen LogP contribution is -2.39. The summed E-state index contributed by atoms with van der Waals surface area (Å²) in [6, 6.07) is 5.49. The van der Waals surface area contributed by atoms with Crippen molar-refractivity contribution in [3.8, 4) is 0 Å². The molecular formula is C19H25ClF3N3O2. The van der Waals surface area contributed by atoms with Crippen molar-refractivity contribution in [2.75, 3.05) is 11.9 Å². The molecule has 1 aromatic carbocycles. The summed E-state index contributed by atoms with van der Waals surface area (Å²) in [7, 11) is 0. The van der Waals surface area contributed by atoms with Gasteiger partial charge in [0.25, 0.3) is 5.91 Å². The lowest BCUT2D eigenvalue weighted by molar-refractivity contribution is -0.123. The summed E-state index contributed by atoms with van der Waals surface area (Å²) in [4.78, 5) is 24.3. The summed E-state index contributed by atoms with van der Waals surface area (Å²) in [5.74, 6) is -0.614. The molecule has 2 bridgehead atoms. The Hall–Kier alpha value is -1.80. The van der Waals surface area contributed by atoms with Gasteiger partial charge in [0.05, 0.1) is 0 Å². The Morgan fingerprint density at radius 1 is 1.18 bits per heavy atom. The molecule has 5 nitrogen and oxygen atoms in total. The number of nitrogens with one attached hydrogen (secondary N) is 3. The van der Waals surface area contributed by atoms with Gasteiger partial charge in [-0.3, -0.25) is 9.59 Å². The smallest absolute Gasteiger partial charge is 0.343 e. The van der Waals surface area contributed by atoms with E-state index in [2.05, 4.69) is 10.6 Å². The van der Waals surface area contributed by atoms with Gasteiger partial charge in [-0.25, -0.2) is 0 Å². The summed E-state index contributed by atoms with van der Waals surface area (Å²) in [5.41, 5.74) is 1.29. The molecule has 2 fully saturated rings. The largest absolute Gasteiger partial charge is 0.405 e. The fourth-order valence-electron chi connectivity index (χ4n) is 3.99. The number of hydrogen-bond donors (Lipinski definition) is 3. The highest BCUT2D eigenvalue weighted by atomic mass is 35.5. The highest BCUT2D eigenvalue weighted by Crippen LogP contribution is 2.33. The zero-order chi connectivity index (χ0) is 19.6. The van der Waals surface area contributed by atoms with E-state index in [1.54, 1.807) is 13.0 Å². The predicted octanol–water partition coefficient (Wildman–Crippen LogP) is 3.57. The first kappa shape index (κ1) is 22.5. The molecule has 2 saturated heterocycles. The maximum absolute atomic E-state index is 12.4. The first-order chi connectivity index (χ1) is 12.7. The molecule has 2 aliphatic heterocycles. The first-order valence-corrected chi connectivity index (χ1v) is 9.21. The highest BCUT2D eigenvalue weighted by Gasteiger charge is 2.34. The quantitative estimate of drug-likeness (QED) is 0.683. The average molecular weight is 420 g/mol. The summed E-state index contributed by atoms with van der Waals surface area (Å²) in [6.07, 6.45) is 0.254. The second-order valence-electron chi connectivity index (χ2n) is 7.56. The number of alkyl halides is 3. The van der Waals surface area contributed by atoms with Gasteiger partial charge in [0.15, 0.2) is 0 Å². The molecule has 3 N–H and O–H groups in total. The van der Waals surface area contributed by atoms with Crippen LogP contribution < -0.4 is 16.0 Å².